The number of hydrogen-bond donors (Lipinski definition) is 0. The molecule has 0 aromatic carbocycles. The summed E-state index contributed by atoms with van der Waals surface area (Å²) in [5.74, 6) is -1.98. The summed E-state index contributed by atoms with van der Waals surface area (Å²) in [5, 5.41) is 0. The second kappa shape index (κ2) is 3.72. The fourth-order valence-corrected chi connectivity index (χ4v) is 2.43. The molecule has 0 spiro atoms. The zero-order valence-corrected chi connectivity index (χ0v) is 9.01. The number of nitrogens with zero attached hydrogens (tertiary/aromatic N) is 1. The summed E-state index contributed by atoms with van der Waals surface area (Å²) >= 11 is 0. The monoisotopic (exact) mass is 217 g/mol. The van der Waals surface area contributed by atoms with Crippen LogP contribution in [0.4, 0.5) is 8.78 Å². The van der Waals surface area contributed by atoms with Crippen molar-refractivity contribution in [1.29, 1.82) is 0 Å². The summed E-state index contributed by atoms with van der Waals surface area (Å²) in [4.78, 5) is 13.1. The minimum atomic E-state index is -2.63. The molecule has 1 heterocycles. The normalized spacial score (nSPS) is 34.7. The molecule has 1 saturated carbocycles. The van der Waals surface area contributed by atoms with Crippen molar-refractivity contribution in [1.82, 2.24) is 4.90 Å². The quantitative estimate of drug-likeness (QED) is 0.660. The molecule has 0 aromatic heterocycles. The van der Waals surface area contributed by atoms with Gasteiger partial charge in [0.1, 0.15) is 0 Å². The van der Waals surface area contributed by atoms with Gasteiger partial charge in [0.25, 0.3) is 5.92 Å². The molecular weight excluding hydrogens is 200 g/mol. The van der Waals surface area contributed by atoms with Crippen molar-refractivity contribution >= 4 is 5.91 Å². The van der Waals surface area contributed by atoms with E-state index in [0.717, 1.165) is 25.7 Å². The van der Waals surface area contributed by atoms with Crippen molar-refractivity contribution in [3.05, 3.63) is 0 Å². The van der Waals surface area contributed by atoms with Crippen LogP contribution in [0, 0.1) is 11.8 Å². The third-order valence-corrected chi connectivity index (χ3v) is 3.52. The highest BCUT2D eigenvalue weighted by atomic mass is 19.3. The summed E-state index contributed by atoms with van der Waals surface area (Å²) in [6.45, 7) is 1.45. The zero-order valence-electron chi connectivity index (χ0n) is 9.01. The number of amides is 1. The fourth-order valence-electron chi connectivity index (χ4n) is 2.43. The summed E-state index contributed by atoms with van der Waals surface area (Å²) in [6.07, 6.45) is 3.87. The van der Waals surface area contributed by atoms with Gasteiger partial charge in [-0.3, -0.25) is 4.79 Å². The van der Waals surface area contributed by atoms with Crippen LogP contribution >= 0.6 is 0 Å². The third kappa shape index (κ3) is 2.29. The van der Waals surface area contributed by atoms with Gasteiger partial charge in [0, 0.05) is 5.92 Å². The van der Waals surface area contributed by atoms with Crippen LogP contribution in [0.2, 0.25) is 0 Å². The second-order valence-corrected chi connectivity index (χ2v) is 5.01. The maximum Gasteiger partial charge on any atom is 0.282 e. The van der Waals surface area contributed by atoms with Crippen LogP contribution in [0.3, 0.4) is 0 Å². The predicted octanol–water partition coefficient (Wildman–Crippen LogP) is 2.29. The number of alkyl halides is 2. The number of likely N-dealkylation sites (tertiary alicyclic amines) is 1. The fraction of sp³-hybridized carbons (Fsp3) is 0.909. The number of carbonyl (C=O) groups is 1. The van der Waals surface area contributed by atoms with Crippen LogP contribution in [0.15, 0.2) is 0 Å². The Morgan fingerprint density at radius 2 is 1.73 bits per heavy atom. The zero-order chi connectivity index (χ0) is 11.1. The molecule has 4 heteroatoms. The van der Waals surface area contributed by atoms with E-state index in [1.165, 1.54) is 4.90 Å². The Morgan fingerprint density at radius 3 is 2.20 bits per heavy atom. The molecule has 0 radical (unpaired) electrons. The average Bonchev–Trinajstić information content (AvgIpc) is 2.14. The Kier molecular flexibility index (Phi) is 2.69. The van der Waals surface area contributed by atoms with Crippen molar-refractivity contribution < 1.29 is 13.6 Å². The van der Waals surface area contributed by atoms with E-state index in [-0.39, 0.29) is 24.9 Å². The van der Waals surface area contributed by atoms with Gasteiger partial charge in [-0.2, -0.15) is 0 Å². The number of halogens is 2. The van der Waals surface area contributed by atoms with Crippen molar-refractivity contribution in [2.75, 3.05) is 13.1 Å². The van der Waals surface area contributed by atoms with Gasteiger partial charge in [0.15, 0.2) is 0 Å². The maximum absolute atomic E-state index is 12.6. The van der Waals surface area contributed by atoms with Crippen molar-refractivity contribution in [2.24, 2.45) is 11.8 Å². The third-order valence-electron chi connectivity index (χ3n) is 3.52. The first kappa shape index (κ1) is 10.8. The summed E-state index contributed by atoms with van der Waals surface area (Å²) in [5.41, 5.74) is 0. The lowest BCUT2D eigenvalue weighted by Crippen LogP contribution is -2.59. The summed E-state index contributed by atoms with van der Waals surface area (Å²) < 4.78 is 25.2. The van der Waals surface area contributed by atoms with Crippen LogP contribution in [-0.2, 0) is 4.79 Å². The highest BCUT2D eigenvalue weighted by molar-refractivity contribution is 5.80. The molecule has 2 aliphatic rings. The Labute approximate surface area is 88.6 Å². The van der Waals surface area contributed by atoms with Gasteiger partial charge >= 0.3 is 0 Å². The molecule has 0 atom stereocenters. The average molecular weight is 217 g/mol. The number of rotatable bonds is 1. The first-order chi connectivity index (χ1) is 6.98. The number of hydrogen-bond acceptors (Lipinski definition) is 1. The van der Waals surface area contributed by atoms with Crippen LogP contribution < -0.4 is 0 Å². The molecule has 2 fully saturated rings. The van der Waals surface area contributed by atoms with Crippen LogP contribution in [-0.4, -0.2) is 29.8 Å². The maximum atomic E-state index is 12.6. The molecule has 86 valence electrons. The van der Waals surface area contributed by atoms with Gasteiger partial charge in [-0.05, 0) is 31.6 Å². The predicted molar refractivity (Wildman–Crippen MR) is 52.6 cm³/mol. The van der Waals surface area contributed by atoms with E-state index in [4.69, 9.17) is 0 Å². The van der Waals surface area contributed by atoms with Crippen LogP contribution in [0.25, 0.3) is 0 Å². The lowest BCUT2D eigenvalue weighted by molar-refractivity contribution is -0.170. The highest BCUT2D eigenvalue weighted by Crippen LogP contribution is 2.33. The topological polar surface area (TPSA) is 20.3 Å². The van der Waals surface area contributed by atoms with E-state index in [0.29, 0.717) is 5.92 Å². The molecule has 2 rings (SSSR count). The molecule has 0 N–H and O–H groups in total. The Bertz CT molecular complexity index is 251. The van der Waals surface area contributed by atoms with E-state index >= 15 is 0 Å². The lowest BCUT2D eigenvalue weighted by atomic mass is 9.82. The first-order valence-electron chi connectivity index (χ1n) is 5.64. The first-order valence-corrected chi connectivity index (χ1v) is 5.64. The standard InChI is InChI=1S/C11H17F2NO/c1-8-2-4-9(5-3-8)10(15)14-6-11(12,13)7-14/h8-9H,2-7H2,1H3. The van der Waals surface area contributed by atoms with E-state index in [2.05, 4.69) is 6.92 Å². The minimum Gasteiger partial charge on any atom is -0.330 e. The van der Waals surface area contributed by atoms with E-state index < -0.39 is 5.92 Å². The molecule has 1 aliphatic heterocycles. The highest BCUT2D eigenvalue weighted by Gasteiger charge is 2.47. The smallest absolute Gasteiger partial charge is 0.282 e. The molecule has 1 saturated heterocycles. The van der Waals surface area contributed by atoms with Gasteiger partial charge in [-0.25, -0.2) is 8.78 Å². The van der Waals surface area contributed by atoms with Gasteiger partial charge in [0.05, 0.1) is 13.1 Å². The van der Waals surface area contributed by atoms with Crippen molar-refractivity contribution in [3.8, 4) is 0 Å². The van der Waals surface area contributed by atoms with Crippen LogP contribution in [0.1, 0.15) is 32.6 Å². The molecule has 1 amide bonds. The molecular formula is C11H17F2NO. The van der Waals surface area contributed by atoms with Crippen molar-refractivity contribution in [3.63, 3.8) is 0 Å². The Morgan fingerprint density at radius 1 is 1.20 bits per heavy atom. The Hall–Kier alpha value is -0.670. The SMILES string of the molecule is CC1CCC(C(=O)N2CC(F)(F)C2)CC1. The summed E-state index contributed by atoms with van der Waals surface area (Å²) in [7, 11) is 0. The number of carbonyl (C=O) groups excluding carboxylic acids is 1. The molecule has 2 nitrogen and oxygen atoms in total. The lowest BCUT2D eigenvalue weighted by Gasteiger charge is -2.41. The van der Waals surface area contributed by atoms with Gasteiger partial charge < -0.3 is 4.90 Å². The Balaban J connectivity index is 1.82. The van der Waals surface area contributed by atoms with E-state index in [1.807, 2.05) is 0 Å². The van der Waals surface area contributed by atoms with Crippen LogP contribution in [0.5, 0.6) is 0 Å². The molecule has 0 bridgehead atoms. The van der Waals surface area contributed by atoms with Crippen molar-refractivity contribution in [2.45, 2.75) is 38.5 Å². The van der Waals surface area contributed by atoms with Gasteiger partial charge in [0.2, 0.25) is 5.91 Å². The summed E-state index contributed by atoms with van der Waals surface area (Å²) in [6, 6.07) is 0. The minimum absolute atomic E-state index is 0.0114. The molecule has 0 unspecified atom stereocenters. The molecule has 0 aromatic rings. The van der Waals surface area contributed by atoms with Gasteiger partial charge in [-0.15, -0.1) is 0 Å². The van der Waals surface area contributed by atoms with E-state index in [9.17, 15) is 13.6 Å². The van der Waals surface area contributed by atoms with E-state index in [1.54, 1.807) is 0 Å². The largest absolute Gasteiger partial charge is 0.330 e. The van der Waals surface area contributed by atoms with Gasteiger partial charge in [-0.1, -0.05) is 6.92 Å². The molecule has 1 aliphatic carbocycles. The second-order valence-electron chi connectivity index (χ2n) is 5.01. The molecule has 15 heavy (non-hydrogen) atoms.